The zero-order valence-electron chi connectivity index (χ0n) is 16.6. The molecule has 3 rings (SSSR count). The summed E-state index contributed by atoms with van der Waals surface area (Å²) >= 11 is 0. The number of methoxy groups -OCH3 is 1. The van der Waals surface area contributed by atoms with Gasteiger partial charge >= 0.3 is 5.69 Å². The van der Waals surface area contributed by atoms with E-state index < -0.39 is 27.0 Å². The Kier molecular flexibility index (Phi) is 6.88. The van der Waals surface area contributed by atoms with E-state index in [4.69, 9.17) is 9.47 Å². The Morgan fingerprint density at radius 1 is 0.871 bits per heavy atom. The van der Waals surface area contributed by atoms with Crippen LogP contribution in [0.2, 0.25) is 0 Å². The minimum atomic E-state index is -1.13. The van der Waals surface area contributed by atoms with Crippen molar-refractivity contribution in [3.63, 3.8) is 0 Å². The van der Waals surface area contributed by atoms with E-state index in [2.05, 4.69) is 0 Å². The third-order valence-electron chi connectivity index (χ3n) is 4.65. The monoisotopic (exact) mass is 426 g/mol. The molecule has 0 aliphatic heterocycles. The van der Waals surface area contributed by atoms with Crippen molar-refractivity contribution in [3.05, 3.63) is 97.8 Å². The van der Waals surface area contributed by atoms with Crippen LogP contribution in [0.15, 0.2) is 60.7 Å². The second-order valence-electron chi connectivity index (χ2n) is 6.71. The van der Waals surface area contributed by atoms with Gasteiger partial charge in [-0.15, -0.1) is 0 Å². The van der Waals surface area contributed by atoms with Crippen molar-refractivity contribution in [2.24, 2.45) is 0 Å². The summed E-state index contributed by atoms with van der Waals surface area (Å²) < 4.78 is 24.8. The van der Waals surface area contributed by atoms with Gasteiger partial charge in [0.25, 0.3) is 5.69 Å². The first-order valence-corrected chi connectivity index (χ1v) is 9.31. The minimum absolute atomic E-state index is 0.0350. The number of halogens is 1. The van der Waals surface area contributed by atoms with E-state index in [0.717, 1.165) is 23.6 Å². The van der Waals surface area contributed by atoms with Crippen molar-refractivity contribution in [2.45, 2.75) is 13.0 Å². The Labute approximate surface area is 177 Å². The Hall–Kier alpha value is -3.85. The highest BCUT2D eigenvalue weighted by atomic mass is 19.1. The summed E-state index contributed by atoms with van der Waals surface area (Å²) in [5.41, 5.74) is 0.797. The van der Waals surface area contributed by atoms with E-state index in [9.17, 15) is 24.6 Å². The van der Waals surface area contributed by atoms with E-state index in [0.29, 0.717) is 24.0 Å². The molecule has 3 aromatic carbocycles. The molecule has 0 aromatic heterocycles. The van der Waals surface area contributed by atoms with E-state index in [1.807, 2.05) is 24.3 Å². The average molecular weight is 426 g/mol. The summed E-state index contributed by atoms with van der Waals surface area (Å²) in [6.45, 7) is 0.914. The second-order valence-corrected chi connectivity index (χ2v) is 6.71. The summed E-state index contributed by atoms with van der Waals surface area (Å²) in [7, 11) is 1.65. The molecule has 0 atom stereocenters. The van der Waals surface area contributed by atoms with Gasteiger partial charge in [0.1, 0.15) is 12.4 Å². The number of rotatable bonds is 9. The molecule has 31 heavy (non-hydrogen) atoms. The van der Waals surface area contributed by atoms with Gasteiger partial charge in [-0.1, -0.05) is 36.4 Å². The molecule has 0 spiro atoms. The van der Waals surface area contributed by atoms with E-state index in [-0.39, 0.29) is 12.2 Å². The van der Waals surface area contributed by atoms with Gasteiger partial charge in [-0.05, 0) is 41.3 Å². The van der Waals surface area contributed by atoms with Gasteiger partial charge in [-0.2, -0.15) is 4.39 Å². The van der Waals surface area contributed by atoms with Crippen molar-refractivity contribution in [1.82, 2.24) is 0 Å². The van der Waals surface area contributed by atoms with Crippen LogP contribution < -0.4 is 4.74 Å². The summed E-state index contributed by atoms with van der Waals surface area (Å²) in [5, 5.41) is 22.2. The predicted octanol–water partition coefficient (Wildman–Crippen LogP) is 5.08. The van der Waals surface area contributed by atoms with Gasteiger partial charge in [0, 0.05) is 7.11 Å². The van der Waals surface area contributed by atoms with Gasteiger partial charge in [0.15, 0.2) is 0 Å². The van der Waals surface area contributed by atoms with Crippen LogP contribution in [0, 0.1) is 26.0 Å². The smallest absolute Gasteiger partial charge is 0.311 e. The first-order valence-electron chi connectivity index (χ1n) is 9.31. The maximum Gasteiger partial charge on any atom is 0.311 e. The molecule has 0 radical (unpaired) electrons. The highest BCUT2D eigenvalue weighted by Gasteiger charge is 2.25. The molecular weight excluding hydrogens is 407 g/mol. The summed E-state index contributed by atoms with van der Waals surface area (Å²) in [5.74, 6) is -0.440. The summed E-state index contributed by atoms with van der Waals surface area (Å²) in [6, 6.07) is 15.7. The standard InChI is InChI=1S/C22H19FN2O6/c1-30-11-10-15-4-8-18(9-5-15)31-14-16-2-6-17(7-3-16)19-12-20(23)22(25(28)29)13-21(19)24(26)27/h2-9,12-13H,10-11,14H2,1H3. The molecule has 160 valence electrons. The van der Waals surface area contributed by atoms with Crippen LogP contribution in [0.3, 0.4) is 0 Å². The van der Waals surface area contributed by atoms with Crippen molar-refractivity contribution >= 4 is 11.4 Å². The zero-order valence-corrected chi connectivity index (χ0v) is 16.6. The average Bonchev–Trinajstić information content (AvgIpc) is 2.76. The van der Waals surface area contributed by atoms with Crippen molar-refractivity contribution < 1.29 is 23.7 Å². The Balaban J connectivity index is 1.74. The summed E-state index contributed by atoms with van der Waals surface area (Å²) in [6.07, 6.45) is 0.813. The van der Waals surface area contributed by atoms with Gasteiger partial charge < -0.3 is 9.47 Å². The van der Waals surface area contributed by atoms with Crippen LogP contribution in [-0.2, 0) is 17.8 Å². The molecule has 3 aromatic rings. The SMILES string of the molecule is COCCc1ccc(OCc2ccc(-c3cc(F)c([N+](=O)[O-])cc3[N+](=O)[O-])cc2)cc1. The number of nitro benzene ring substituents is 2. The summed E-state index contributed by atoms with van der Waals surface area (Å²) in [4.78, 5) is 20.4. The molecule has 0 amide bonds. The van der Waals surface area contributed by atoms with Gasteiger partial charge in [-0.25, -0.2) is 0 Å². The largest absolute Gasteiger partial charge is 0.489 e. The molecular formula is C22H19FN2O6. The Morgan fingerprint density at radius 3 is 2.06 bits per heavy atom. The van der Waals surface area contributed by atoms with E-state index >= 15 is 0 Å². The highest BCUT2D eigenvalue weighted by Crippen LogP contribution is 2.35. The van der Waals surface area contributed by atoms with E-state index in [1.54, 1.807) is 31.4 Å². The molecule has 0 bridgehead atoms. The van der Waals surface area contributed by atoms with Crippen LogP contribution >= 0.6 is 0 Å². The normalized spacial score (nSPS) is 10.6. The molecule has 0 aliphatic rings. The Morgan fingerprint density at radius 2 is 1.48 bits per heavy atom. The van der Waals surface area contributed by atoms with Crippen molar-refractivity contribution in [2.75, 3.05) is 13.7 Å². The molecule has 0 fully saturated rings. The lowest BCUT2D eigenvalue weighted by atomic mass is 10.0. The fraction of sp³-hybridized carbons (Fsp3) is 0.182. The zero-order chi connectivity index (χ0) is 22.4. The maximum atomic E-state index is 14.0. The molecule has 0 heterocycles. The van der Waals surface area contributed by atoms with Crippen LogP contribution in [0.4, 0.5) is 15.8 Å². The van der Waals surface area contributed by atoms with Crippen molar-refractivity contribution in [1.29, 1.82) is 0 Å². The molecule has 0 N–H and O–H groups in total. The van der Waals surface area contributed by atoms with Crippen LogP contribution in [0.5, 0.6) is 5.75 Å². The quantitative estimate of drug-likeness (QED) is 0.349. The predicted molar refractivity (Wildman–Crippen MR) is 111 cm³/mol. The number of nitrogens with zero attached hydrogens (tertiary/aromatic N) is 2. The van der Waals surface area contributed by atoms with Gasteiger partial charge in [0.2, 0.25) is 5.82 Å². The fourth-order valence-electron chi connectivity index (χ4n) is 2.99. The highest BCUT2D eigenvalue weighted by molar-refractivity contribution is 5.75. The third kappa shape index (κ3) is 5.40. The van der Waals surface area contributed by atoms with Crippen LogP contribution in [0.25, 0.3) is 11.1 Å². The molecule has 0 saturated carbocycles. The van der Waals surface area contributed by atoms with Crippen LogP contribution in [-0.4, -0.2) is 23.6 Å². The van der Waals surface area contributed by atoms with Gasteiger partial charge in [0.05, 0.1) is 28.1 Å². The third-order valence-corrected chi connectivity index (χ3v) is 4.65. The Bertz CT molecular complexity index is 1080. The number of ether oxygens (including phenoxy) is 2. The fourth-order valence-corrected chi connectivity index (χ4v) is 2.99. The molecule has 9 heteroatoms. The van der Waals surface area contributed by atoms with Crippen molar-refractivity contribution in [3.8, 4) is 16.9 Å². The number of benzene rings is 3. The topological polar surface area (TPSA) is 105 Å². The molecule has 0 saturated heterocycles. The second kappa shape index (κ2) is 9.77. The lowest BCUT2D eigenvalue weighted by Crippen LogP contribution is -1.99. The lowest BCUT2D eigenvalue weighted by Gasteiger charge is -2.09. The minimum Gasteiger partial charge on any atom is -0.489 e. The number of hydrogen-bond acceptors (Lipinski definition) is 6. The molecule has 0 aliphatic carbocycles. The number of hydrogen-bond donors (Lipinski definition) is 0. The first kappa shape index (κ1) is 21.8. The maximum absolute atomic E-state index is 14.0. The lowest BCUT2D eigenvalue weighted by molar-refractivity contribution is -0.395. The first-order chi connectivity index (χ1) is 14.9. The molecule has 0 unspecified atom stereocenters. The van der Waals surface area contributed by atoms with E-state index in [1.165, 1.54) is 0 Å². The van der Waals surface area contributed by atoms with Crippen LogP contribution in [0.1, 0.15) is 11.1 Å². The molecule has 8 nitrogen and oxygen atoms in total. The number of nitro groups is 2. The van der Waals surface area contributed by atoms with Gasteiger partial charge in [-0.3, -0.25) is 20.2 Å².